The predicted octanol–water partition coefficient (Wildman–Crippen LogP) is 2.65. The first-order chi connectivity index (χ1) is 9.05. The molecule has 1 aliphatic heterocycles. The van der Waals surface area contributed by atoms with Crippen LogP contribution in [0.15, 0.2) is 0 Å². The monoisotopic (exact) mass is 268 g/mol. The van der Waals surface area contributed by atoms with Gasteiger partial charge in [0.15, 0.2) is 0 Å². The molecule has 0 aromatic rings. The van der Waals surface area contributed by atoms with Crippen LogP contribution in [0.4, 0.5) is 0 Å². The third-order valence-electron chi connectivity index (χ3n) is 5.59. The summed E-state index contributed by atoms with van der Waals surface area (Å²) in [6, 6.07) is 1.44. The second kappa shape index (κ2) is 6.11. The van der Waals surface area contributed by atoms with Crippen LogP contribution in [0.5, 0.6) is 0 Å². The maximum absolute atomic E-state index is 5.47. The minimum Gasteiger partial charge on any atom is -0.381 e. The molecule has 0 bridgehead atoms. The molecule has 2 fully saturated rings. The first-order valence-electron chi connectivity index (χ1n) is 8.08. The standard InChI is InChI=1S/C16H32N2O/c1-6-16(7-2)11-18(13-8-14(9-13)19-5)15(10-17-16)12(3)4/h12-15,17H,6-11H2,1-5H3. The molecule has 3 nitrogen and oxygen atoms in total. The van der Waals surface area contributed by atoms with Gasteiger partial charge >= 0.3 is 0 Å². The average Bonchev–Trinajstić information content (AvgIpc) is 2.37. The van der Waals surface area contributed by atoms with Gasteiger partial charge in [-0.1, -0.05) is 27.7 Å². The summed E-state index contributed by atoms with van der Waals surface area (Å²) in [5.74, 6) is 0.723. The number of ether oxygens (including phenoxy) is 1. The van der Waals surface area contributed by atoms with Gasteiger partial charge in [0, 0.05) is 37.8 Å². The Labute approximate surface area is 119 Å². The zero-order valence-corrected chi connectivity index (χ0v) is 13.4. The van der Waals surface area contributed by atoms with Gasteiger partial charge in [-0.15, -0.1) is 0 Å². The maximum atomic E-state index is 5.47. The van der Waals surface area contributed by atoms with Crippen molar-refractivity contribution in [1.82, 2.24) is 10.2 Å². The lowest BCUT2D eigenvalue weighted by Crippen LogP contribution is -2.68. The highest BCUT2D eigenvalue weighted by molar-refractivity contribution is 5.02. The van der Waals surface area contributed by atoms with Crippen LogP contribution < -0.4 is 5.32 Å². The molecule has 0 spiro atoms. The normalized spacial score (nSPS) is 35.4. The lowest BCUT2D eigenvalue weighted by molar-refractivity contribution is -0.0720. The molecular formula is C16H32N2O. The van der Waals surface area contributed by atoms with Crippen LogP contribution in [0.1, 0.15) is 53.4 Å². The minimum absolute atomic E-state index is 0.337. The highest BCUT2D eigenvalue weighted by Gasteiger charge is 2.44. The molecule has 1 aliphatic carbocycles. The Kier molecular flexibility index (Phi) is 4.91. The van der Waals surface area contributed by atoms with Crippen molar-refractivity contribution in [1.29, 1.82) is 0 Å². The van der Waals surface area contributed by atoms with Gasteiger partial charge in [-0.25, -0.2) is 0 Å². The van der Waals surface area contributed by atoms with Crippen molar-refractivity contribution in [3.05, 3.63) is 0 Å². The zero-order chi connectivity index (χ0) is 14.0. The van der Waals surface area contributed by atoms with Gasteiger partial charge in [0.25, 0.3) is 0 Å². The van der Waals surface area contributed by atoms with Gasteiger partial charge in [-0.3, -0.25) is 4.90 Å². The summed E-state index contributed by atoms with van der Waals surface area (Å²) in [7, 11) is 1.85. The number of nitrogens with zero attached hydrogens (tertiary/aromatic N) is 1. The lowest BCUT2D eigenvalue weighted by atomic mass is 9.80. The molecule has 1 heterocycles. The fraction of sp³-hybridized carbons (Fsp3) is 1.00. The Balaban J connectivity index is 2.05. The molecule has 112 valence electrons. The van der Waals surface area contributed by atoms with Gasteiger partial charge in [-0.05, 0) is 31.6 Å². The topological polar surface area (TPSA) is 24.5 Å². The zero-order valence-electron chi connectivity index (χ0n) is 13.4. The van der Waals surface area contributed by atoms with E-state index in [1.807, 2.05) is 7.11 Å². The second-order valence-electron chi connectivity index (χ2n) is 6.83. The summed E-state index contributed by atoms with van der Waals surface area (Å²) in [4.78, 5) is 2.80. The molecule has 1 unspecified atom stereocenters. The Hall–Kier alpha value is -0.120. The van der Waals surface area contributed by atoms with Gasteiger partial charge in [-0.2, -0.15) is 0 Å². The van der Waals surface area contributed by atoms with E-state index in [1.165, 1.54) is 32.2 Å². The molecule has 2 rings (SSSR count). The van der Waals surface area contributed by atoms with Crippen LogP contribution >= 0.6 is 0 Å². The molecule has 1 N–H and O–H groups in total. The van der Waals surface area contributed by atoms with Crippen LogP contribution in [0.2, 0.25) is 0 Å². The van der Waals surface area contributed by atoms with E-state index in [-0.39, 0.29) is 0 Å². The summed E-state index contributed by atoms with van der Waals surface area (Å²) in [6.07, 6.45) is 5.41. The summed E-state index contributed by atoms with van der Waals surface area (Å²) >= 11 is 0. The number of hydrogen-bond acceptors (Lipinski definition) is 3. The number of rotatable bonds is 5. The molecule has 0 amide bonds. The Bertz CT molecular complexity index is 282. The number of piperazine rings is 1. The highest BCUT2D eigenvalue weighted by Crippen LogP contribution is 2.35. The number of methoxy groups -OCH3 is 1. The largest absolute Gasteiger partial charge is 0.381 e. The van der Waals surface area contributed by atoms with E-state index in [0.717, 1.165) is 18.5 Å². The molecular weight excluding hydrogens is 236 g/mol. The quantitative estimate of drug-likeness (QED) is 0.829. The molecule has 2 aliphatic rings. The van der Waals surface area contributed by atoms with E-state index in [4.69, 9.17) is 4.74 Å². The van der Waals surface area contributed by atoms with Crippen LogP contribution in [0.3, 0.4) is 0 Å². The number of hydrogen-bond donors (Lipinski definition) is 1. The molecule has 0 aromatic carbocycles. The lowest BCUT2D eigenvalue weighted by Gasteiger charge is -2.55. The average molecular weight is 268 g/mol. The van der Waals surface area contributed by atoms with Crippen molar-refractivity contribution < 1.29 is 4.74 Å². The van der Waals surface area contributed by atoms with Crippen LogP contribution in [0, 0.1) is 5.92 Å². The van der Waals surface area contributed by atoms with Crippen molar-refractivity contribution in [3.63, 3.8) is 0 Å². The van der Waals surface area contributed by atoms with Crippen molar-refractivity contribution >= 4 is 0 Å². The highest BCUT2D eigenvalue weighted by atomic mass is 16.5. The van der Waals surface area contributed by atoms with E-state index in [2.05, 4.69) is 37.9 Å². The smallest absolute Gasteiger partial charge is 0.0601 e. The summed E-state index contributed by atoms with van der Waals surface area (Å²) < 4.78 is 5.47. The summed E-state index contributed by atoms with van der Waals surface area (Å²) in [5, 5.41) is 3.85. The van der Waals surface area contributed by atoms with Crippen molar-refractivity contribution in [3.8, 4) is 0 Å². The molecule has 0 radical (unpaired) electrons. The number of nitrogens with one attached hydrogen (secondary N) is 1. The maximum Gasteiger partial charge on any atom is 0.0601 e. The van der Waals surface area contributed by atoms with Crippen LogP contribution in [-0.4, -0.2) is 48.8 Å². The van der Waals surface area contributed by atoms with Crippen molar-refractivity contribution in [2.45, 2.75) is 77.1 Å². The molecule has 1 atom stereocenters. The predicted molar refractivity (Wildman–Crippen MR) is 80.5 cm³/mol. The molecule has 0 aromatic heterocycles. The molecule has 3 heteroatoms. The van der Waals surface area contributed by atoms with E-state index in [1.54, 1.807) is 0 Å². The Morgan fingerprint density at radius 2 is 1.89 bits per heavy atom. The van der Waals surface area contributed by atoms with Crippen LogP contribution in [0.25, 0.3) is 0 Å². The van der Waals surface area contributed by atoms with E-state index in [9.17, 15) is 0 Å². The summed E-state index contributed by atoms with van der Waals surface area (Å²) in [6.45, 7) is 11.7. The molecule has 1 saturated heterocycles. The third-order valence-corrected chi connectivity index (χ3v) is 5.59. The van der Waals surface area contributed by atoms with Gasteiger partial charge < -0.3 is 10.1 Å². The second-order valence-corrected chi connectivity index (χ2v) is 6.83. The fourth-order valence-corrected chi connectivity index (χ4v) is 3.70. The fourth-order valence-electron chi connectivity index (χ4n) is 3.70. The van der Waals surface area contributed by atoms with Crippen molar-refractivity contribution in [2.24, 2.45) is 5.92 Å². The SMILES string of the molecule is CCC1(CC)CN(C2CC(OC)C2)C(C(C)C)CN1. The Morgan fingerprint density at radius 3 is 2.37 bits per heavy atom. The van der Waals surface area contributed by atoms with Crippen molar-refractivity contribution in [2.75, 3.05) is 20.2 Å². The van der Waals surface area contributed by atoms with Crippen LogP contribution in [-0.2, 0) is 4.74 Å². The summed E-state index contributed by atoms with van der Waals surface area (Å²) in [5.41, 5.74) is 0.337. The minimum atomic E-state index is 0.337. The van der Waals surface area contributed by atoms with E-state index >= 15 is 0 Å². The molecule has 1 saturated carbocycles. The Morgan fingerprint density at radius 1 is 1.26 bits per heavy atom. The molecule has 19 heavy (non-hydrogen) atoms. The third kappa shape index (κ3) is 2.98. The van der Waals surface area contributed by atoms with E-state index in [0.29, 0.717) is 17.7 Å². The van der Waals surface area contributed by atoms with E-state index < -0.39 is 0 Å². The van der Waals surface area contributed by atoms with Gasteiger partial charge in [0.2, 0.25) is 0 Å². The first kappa shape index (κ1) is 15.3. The first-order valence-corrected chi connectivity index (χ1v) is 8.08. The van der Waals surface area contributed by atoms with Gasteiger partial charge in [0.05, 0.1) is 6.10 Å². The van der Waals surface area contributed by atoms with Gasteiger partial charge in [0.1, 0.15) is 0 Å².